The lowest BCUT2D eigenvalue weighted by atomic mass is 9.98. The number of nitrogens with one attached hydrogen (secondary N) is 1. The van der Waals surface area contributed by atoms with Gasteiger partial charge < -0.3 is 10.5 Å². The van der Waals surface area contributed by atoms with Crippen molar-refractivity contribution in [2.24, 2.45) is 5.73 Å². The highest BCUT2D eigenvalue weighted by atomic mass is 32.1. The molecule has 0 fully saturated rings. The number of amides is 1. The van der Waals surface area contributed by atoms with Crippen LogP contribution in [0.15, 0.2) is 5.38 Å². The maximum absolute atomic E-state index is 11.4. The minimum Gasteiger partial charge on any atom is -0.375 e. The van der Waals surface area contributed by atoms with Crippen LogP contribution in [-0.2, 0) is 16.1 Å². The predicted molar refractivity (Wildman–Crippen MR) is 72.3 cm³/mol. The van der Waals surface area contributed by atoms with Crippen LogP contribution in [0.2, 0.25) is 0 Å². The molecule has 0 aliphatic heterocycles. The van der Waals surface area contributed by atoms with Crippen LogP contribution in [0.25, 0.3) is 0 Å². The molecule has 2 unspecified atom stereocenters. The summed E-state index contributed by atoms with van der Waals surface area (Å²) in [7, 11) is 1.66. The van der Waals surface area contributed by atoms with Crippen molar-refractivity contribution in [3.05, 3.63) is 16.1 Å². The number of nitrogens with zero attached hydrogens (tertiary/aromatic N) is 1. The van der Waals surface area contributed by atoms with Gasteiger partial charge in [-0.2, -0.15) is 0 Å². The Morgan fingerprint density at radius 2 is 2.39 bits per heavy atom. The molecule has 18 heavy (non-hydrogen) atoms. The van der Waals surface area contributed by atoms with Crippen LogP contribution in [0.1, 0.15) is 44.0 Å². The highest BCUT2D eigenvalue weighted by molar-refractivity contribution is 7.09. The van der Waals surface area contributed by atoms with E-state index in [1.54, 1.807) is 25.4 Å². The molecule has 2 atom stereocenters. The smallest absolute Gasteiger partial charge is 0.237 e. The van der Waals surface area contributed by atoms with E-state index in [9.17, 15) is 4.79 Å². The predicted octanol–water partition coefficient (Wildman–Crippen LogP) is 1.59. The molecule has 0 saturated heterocycles. The zero-order chi connectivity index (χ0) is 13.8. The Morgan fingerprint density at radius 1 is 1.72 bits per heavy atom. The van der Waals surface area contributed by atoms with Crippen LogP contribution in [0.5, 0.6) is 0 Å². The molecule has 1 aromatic heterocycles. The number of thiazole rings is 1. The summed E-state index contributed by atoms with van der Waals surface area (Å²) in [6.45, 7) is 6.22. The molecule has 0 aromatic carbocycles. The number of aromatic nitrogens is 1. The molecule has 102 valence electrons. The molecule has 1 aromatic rings. The lowest BCUT2D eigenvalue weighted by molar-refractivity contribution is -0.124. The second-order valence-electron chi connectivity index (χ2n) is 4.46. The van der Waals surface area contributed by atoms with Gasteiger partial charge in [0, 0.05) is 19.0 Å². The minimum atomic E-state index is -0.684. The third-order valence-corrected chi connectivity index (χ3v) is 4.24. The standard InChI is InChI=1S/C12H21N3O2S/c1-5-12(3,11(13)16)14-6-9-7-18-10(15-9)8(2)17-4/h7-8,14H,5-6H2,1-4H3,(H2,13,16). The molecule has 1 heterocycles. The first-order valence-electron chi connectivity index (χ1n) is 5.95. The maximum Gasteiger partial charge on any atom is 0.237 e. The quantitative estimate of drug-likeness (QED) is 0.789. The second-order valence-corrected chi connectivity index (χ2v) is 5.35. The summed E-state index contributed by atoms with van der Waals surface area (Å²) in [6.07, 6.45) is 0.644. The molecule has 5 nitrogen and oxygen atoms in total. The summed E-state index contributed by atoms with van der Waals surface area (Å²) in [5.74, 6) is -0.342. The van der Waals surface area contributed by atoms with E-state index in [4.69, 9.17) is 10.5 Å². The van der Waals surface area contributed by atoms with E-state index in [1.165, 1.54) is 0 Å². The van der Waals surface area contributed by atoms with Crippen molar-refractivity contribution in [2.75, 3.05) is 7.11 Å². The monoisotopic (exact) mass is 271 g/mol. The lowest BCUT2D eigenvalue weighted by Crippen LogP contribution is -2.52. The van der Waals surface area contributed by atoms with Crippen molar-refractivity contribution < 1.29 is 9.53 Å². The molecule has 0 aliphatic carbocycles. The molecule has 3 N–H and O–H groups in total. The van der Waals surface area contributed by atoms with E-state index in [0.717, 1.165) is 10.7 Å². The molecular weight excluding hydrogens is 250 g/mol. The zero-order valence-corrected chi connectivity index (χ0v) is 12.1. The first-order chi connectivity index (χ1) is 8.42. The first kappa shape index (κ1) is 15.1. The van der Waals surface area contributed by atoms with Crippen molar-refractivity contribution >= 4 is 17.2 Å². The average molecular weight is 271 g/mol. The van der Waals surface area contributed by atoms with Crippen LogP contribution in [0.4, 0.5) is 0 Å². The van der Waals surface area contributed by atoms with Gasteiger partial charge in [-0.3, -0.25) is 10.1 Å². The van der Waals surface area contributed by atoms with Gasteiger partial charge in [0.05, 0.1) is 11.2 Å². The number of hydrogen-bond donors (Lipinski definition) is 2. The van der Waals surface area contributed by atoms with Gasteiger partial charge in [-0.15, -0.1) is 11.3 Å². The van der Waals surface area contributed by atoms with Gasteiger partial charge in [-0.25, -0.2) is 4.98 Å². The van der Waals surface area contributed by atoms with E-state index in [1.807, 2.05) is 19.2 Å². The summed E-state index contributed by atoms with van der Waals surface area (Å²) >= 11 is 1.56. The van der Waals surface area contributed by atoms with E-state index in [0.29, 0.717) is 13.0 Å². The number of nitrogens with two attached hydrogens (primary N) is 1. The third kappa shape index (κ3) is 3.51. The molecule has 6 heteroatoms. The van der Waals surface area contributed by atoms with Crippen molar-refractivity contribution in [2.45, 2.75) is 45.4 Å². The fourth-order valence-corrected chi connectivity index (χ4v) is 2.21. The number of methoxy groups -OCH3 is 1. The van der Waals surface area contributed by atoms with Gasteiger partial charge in [0.1, 0.15) is 11.1 Å². The summed E-state index contributed by atoms with van der Waals surface area (Å²) in [4.78, 5) is 15.8. The molecule has 1 rings (SSSR count). The van der Waals surface area contributed by atoms with Gasteiger partial charge in [-0.1, -0.05) is 6.92 Å². The molecule has 0 spiro atoms. The first-order valence-corrected chi connectivity index (χ1v) is 6.83. The van der Waals surface area contributed by atoms with E-state index in [-0.39, 0.29) is 12.0 Å². The Hall–Kier alpha value is -0.980. The molecular formula is C12H21N3O2S. The minimum absolute atomic E-state index is 0.00236. The fraction of sp³-hybridized carbons (Fsp3) is 0.667. The lowest BCUT2D eigenvalue weighted by Gasteiger charge is -2.25. The van der Waals surface area contributed by atoms with E-state index < -0.39 is 5.54 Å². The van der Waals surface area contributed by atoms with Crippen molar-refractivity contribution in [3.8, 4) is 0 Å². The topological polar surface area (TPSA) is 77.2 Å². The van der Waals surface area contributed by atoms with Crippen LogP contribution < -0.4 is 11.1 Å². The van der Waals surface area contributed by atoms with Gasteiger partial charge in [0.25, 0.3) is 0 Å². The number of ether oxygens (including phenoxy) is 1. The Morgan fingerprint density at radius 3 is 2.89 bits per heavy atom. The highest BCUT2D eigenvalue weighted by Crippen LogP contribution is 2.20. The normalized spacial score (nSPS) is 16.2. The van der Waals surface area contributed by atoms with E-state index in [2.05, 4.69) is 10.3 Å². The Balaban J connectivity index is 2.63. The maximum atomic E-state index is 11.4. The zero-order valence-electron chi connectivity index (χ0n) is 11.3. The van der Waals surface area contributed by atoms with Crippen molar-refractivity contribution in [1.29, 1.82) is 0 Å². The number of carbonyl (C=O) groups is 1. The highest BCUT2D eigenvalue weighted by Gasteiger charge is 2.28. The van der Waals surface area contributed by atoms with Crippen LogP contribution in [-0.4, -0.2) is 23.5 Å². The Labute approximate surface area is 112 Å². The van der Waals surface area contributed by atoms with Gasteiger partial charge in [0.2, 0.25) is 5.91 Å². The molecule has 1 amide bonds. The molecule has 0 radical (unpaired) electrons. The number of carbonyl (C=O) groups excluding carboxylic acids is 1. The van der Waals surface area contributed by atoms with Gasteiger partial charge in [-0.05, 0) is 20.3 Å². The van der Waals surface area contributed by atoms with Crippen LogP contribution in [0.3, 0.4) is 0 Å². The van der Waals surface area contributed by atoms with Crippen molar-refractivity contribution in [1.82, 2.24) is 10.3 Å². The third-order valence-electron chi connectivity index (χ3n) is 3.18. The Kier molecular flexibility index (Phi) is 5.25. The van der Waals surface area contributed by atoms with Crippen molar-refractivity contribution in [3.63, 3.8) is 0 Å². The van der Waals surface area contributed by atoms with E-state index >= 15 is 0 Å². The summed E-state index contributed by atoms with van der Waals surface area (Å²) in [5.41, 5.74) is 5.60. The summed E-state index contributed by atoms with van der Waals surface area (Å²) in [5, 5.41) is 6.06. The second kappa shape index (κ2) is 6.26. The number of rotatable bonds is 7. The average Bonchev–Trinajstić information content (AvgIpc) is 2.83. The summed E-state index contributed by atoms with van der Waals surface area (Å²) in [6, 6.07) is 0. The number of primary amides is 1. The largest absolute Gasteiger partial charge is 0.375 e. The molecule has 0 bridgehead atoms. The SMILES string of the molecule is CCC(C)(NCc1csc(C(C)OC)n1)C(N)=O. The molecule has 0 aliphatic rings. The van der Waals surface area contributed by atoms with Crippen LogP contribution >= 0.6 is 11.3 Å². The van der Waals surface area contributed by atoms with Gasteiger partial charge >= 0.3 is 0 Å². The molecule has 0 saturated carbocycles. The Bertz CT molecular complexity index is 408. The van der Waals surface area contributed by atoms with Crippen LogP contribution in [0, 0.1) is 0 Å². The number of hydrogen-bond acceptors (Lipinski definition) is 5. The van der Waals surface area contributed by atoms with Gasteiger partial charge in [0.15, 0.2) is 0 Å². The summed E-state index contributed by atoms with van der Waals surface area (Å²) < 4.78 is 5.21. The fourth-order valence-electron chi connectivity index (χ4n) is 1.36.